The largest absolute Gasteiger partial charge is 0.502 e. The van der Waals surface area contributed by atoms with E-state index < -0.39 is 6.09 Å². The van der Waals surface area contributed by atoms with Gasteiger partial charge in [0, 0.05) is 24.3 Å². The molecule has 0 aliphatic carbocycles. The van der Waals surface area contributed by atoms with Crippen molar-refractivity contribution in [3.05, 3.63) is 83.4 Å². The van der Waals surface area contributed by atoms with Gasteiger partial charge in [0.2, 0.25) is 0 Å². The Labute approximate surface area is 198 Å². The molecule has 1 saturated heterocycles. The molecule has 1 aliphatic rings. The minimum Gasteiger partial charge on any atom is -0.447 e. The molecule has 0 aromatic heterocycles. The molecule has 0 spiro atoms. The van der Waals surface area contributed by atoms with E-state index in [0.717, 1.165) is 48.3 Å². The summed E-state index contributed by atoms with van der Waals surface area (Å²) >= 11 is 0. The predicted octanol–water partition coefficient (Wildman–Crippen LogP) is 3.68. The predicted molar refractivity (Wildman–Crippen MR) is 134 cm³/mol. The Morgan fingerprint density at radius 3 is 2.38 bits per heavy atom. The Morgan fingerprint density at radius 1 is 0.941 bits per heavy atom. The molecule has 3 aromatic carbocycles. The molecule has 4 rings (SSSR count). The van der Waals surface area contributed by atoms with Gasteiger partial charge in [-0.2, -0.15) is 10.1 Å². The van der Waals surface area contributed by atoms with E-state index in [1.807, 2.05) is 61.5 Å². The van der Waals surface area contributed by atoms with Gasteiger partial charge in [-0.1, -0.05) is 36.4 Å². The summed E-state index contributed by atoms with van der Waals surface area (Å²) in [5, 5.41) is 20.4. The van der Waals surface area contributed by atoms with Crippen molar-refractivity contribution >= 4 is 29.2 Å². The lowest BCUT2D eigenvalue weighted by Gasteiger charge is -2.29. The third-order valence-corrected chi connectivity index (χ3v) is 6.06. The van der Waals surface area contributed by atoms with Crippen molar-refractivity contribution in [3.63, 3.8) is 0 Å². The maximum atomic E-state index is 13.3. The third-order valence-electron chi connectivity index (χ3n) is 6.06. The van der Waals surface area contributed by atoms with Crippen molar-refractivity contribution in [3.8, 4) is 11.1 Å². The summed E-state index contributed by atoms with van der Waals surface area (Å²) in [6.07, 6.45) is 2.27. The molecule has 0 bridgehead atoms. The highest BCUT2D eigenvalue weighted by atomic mass is 16.4. The molecule has 0 radical (unpaired) electrons. The average Bonchev–Trinajstić information content (AvgIpc) is 2.85. The number of carbonyl (C=O) groups excluding carboxylic acids is 1. The summed E-state index contributed by atoms with van der Waals surface area (Å²) in [6.45, 7) is 3.90. The van der Waals surface area contributed by atoms with Crippen molar-refractivity contribution < 1.29 is 20.1 Å². The Morgan fingerprint density at radius 2 is 1.68 bits per heavy atom. The van der Waals surface area contributed by atoms with Crippen LogP contribution in [0.1, 0.15) is 40.7 Å². The third kappa shape index (κ3) is 5.26. The number of nitrogens with two attached hydrogens (primary N) is 1. The highest BCUT2D eigenvalue weighted by Crippen LogP contribution is 2.30. The SMILES string of the molecule is Cc1cc(C(=[NH2+])NC(=O)O)c(NC(=O)c2cccc(N3CCCCC3)c2)cc1-c1ccccc1. The smallest absolute Gasteiger partial charge is 0.447 e. The maximum absolute atomic E-state index is 13.3. The zero-order chi connectivity index (χ0) is 24.1. The number of nitrogens with zero attached hydrogens (tertiary/aromatic N) is 1. The second-order valence-corrected chi connectivity index (χ2v) is 8.47. The second-order valence-electron chi connectivity index (χ2n) is 8.47. The lowest BCUT2D eigenvalue weighted by atomic mass is 9.96. The summed E-state index contributed by atoms with van der Waals surface area (Å²) in [5.41, 5.74) is 5.22. The number of amidine groups is 1. The van der Waals surface area contributed by atoms with E-state index in [1.165, 1.54) is 6.42 Å². The lowest BCUT2D eigenvalue weighted by molar-refractivity contribution is -0.116. The number of piperidine rings is 1. The Kier molecular flexibility index (Phi) is 6.92. The van der Waals surface area contributed by atoms with Gasteiger partial charge in [0.1, 0.15) is 0 Å². The van der Waals surface area contributed by atoms with Crippen LogP contribution >= 0.6 is 0 Å². The number of benzene rings is 3. The monoisotopic (exact) mass is 457 g/mol. The van der Waals surface area contributed by atoms with Gasteiger partial charge in [-0.25, -0.2) is 0 Å². The van der Waals surface area contributed by atoms with Gasteiger partial charge in [0.15, 0.2) is 0 Å². The van der Waals surface area contributed by atoms with Gasteiger partial charge in [-0.3, -0.25) is 10.2 Å². The van der Waals surface area contributed by atoms with Crippen molar-refractivity contribution in [1.29, 1.82) is 0 Å². The Bertz CT molecular complexity index is 1220. The highest BCUT2D eigenvalue weighted by Gasteiger charge is 2.21. The van der Waals surface area contributed by atoms with Crippen LogP contribution in [0.3, 0.4) is 0 Å². The minimum absolute atomic E-state index is 0.0485. The summed E-state index contributed by atoms with van der Waals surface area (Å²) in [7, 11) is 0. The van der Waals surface area contributed by atoms with Gasteiger partial charge < -0.3 is 15.3 Å². The van der Waals surface area contributed by atoms with E-state index in [2.05, 4.69) is 15.5 Å². The molecule has 174 valence electrons. The number of anilines is 2. The fraction of sp³-hybridized carbons (Fsp3) is 0.222. The van der Waals surface area contributed by atoms with Gasteiger partial charge in [-0.15, -0.1) is 0 Å². The first-order valence-electron chi connectivity index (χ1n) is 11.4. The number of carbonyl (C=O) groups is 2. The highest BCUT2D eigenvalue weighted by molar-refractivity contribution is 6.12. The normalized spacial score (nSPS) is 13.3. The van der Waals surface area contributed by atoms with E-state index in [-0.39, 0.29) is 11.7 Å². The van der Waals surface area contributed by atoms with Crippen LogP contribution in [0, 0.1) is 6.92 Å². The Hall–Kier alpha value is -4.13. The molecule has 3 aromatic rings. The molecule has 7 nitrogen and oxygen atoms in total. The van der Waals surface area contributed by atoms with Crippen LogP contribution < -0.4 is 20.9 Å². The van der Waals surface area contributed by atoms with E-state index in [1.54, 1.807) is 12.1 Å². The minimum atomic E-state index is -1.27. The zero-order valence-electron chi connectivity index (χ0n) is 19.2. The number of amides is 2. The lowest BCUT2D eigenvalue weighted by Crippen LogP contribution is -2.51. The first-order valence-corrected chi connectivity index (χ1v) is 11.4. The molecule has 5 N–H and O–H groups in total. The molecule has 1 fully saturated rings. The fourth-order valence-corrected chi connectivity index (χ4v) is 4.34. The van der Waals surface area contributed by atoms with Crippen molar-refractivity contribution in [2.24, 2.45) is 0 Å². The maximum Gasteiger partial charge on any atom is 0.502 e. The van der Waals surface area contributed by atoms with Crippen LogP contribution in [0.4, 0.5) is 16.2 Å². The van der Waals surface area contributed by atoms with E-state index in [4.69, 9.17) is 10.5 Å². The standard InChI is InChI=1S/C27H28N4O3/c1-18-15-23(25(28)30-27(33)34)24(17-22(18)19-9-4-2-5-10-19)29-26(32)20-11-8-12-21(16-20)31-13-6-3-7-14-31/h2,4-5,8-12,15-17H,3,6-7,13-14H2,1H3,(H2,28,30)(H,29,32)(H,33,34)/p+1. The number of hydrogen-bond acceptors (Lipinski definition) is 3. The van der Waals surface area contributed by atoms with Gasteiger partial charge >= 0.3 is 6.09 Å². The number of aryl methyl sites for hydroxylation is 1. The molecule has 1 heterocycles. The molecule has 7 heteroatoms. The molecule has 34 heavy (non-hydrogen) atoms. The van der Waals surface area contributed by atoms with Crippen LogP contribution in [-0.2, 0) is 0 Å². The van der Waals surface area contributed by atoms with Gasteiger partial charge in [0.25, 0.3) is 11.7 Å². The number of carboxylic acid groups (broad SMARTS) is 1. The first-order chi connectivity index (χ1) is 16.4. The zero-order valence-corrected chi connectivity index (χ0v) is 19.2. The molecular weight excluding hydrogens is 428 g/mol. The molecule has 0 unspecified atom stereocenters. The van der Waals surface area contributed by atoms with Crippen LogP contribution in [0.5, 0.6) is 0 Å². The van der Waals surface area contributed by atoms with E-state index >= 15 is 0 Å². The van der Waals surface area contributed by atoms with Crippen LogP contribution in [0.15, 0.2) is 66.7 Å². The Balaban J connectivity index is 1.68. The van der Waals surface area contributed by atoms with Gasteiger partial charge in [-0.05, 0) is 73.2 Å². The van der Waals surface area contributed by atoms with Crippen LogP contribution in [0.2, 0.25) is 0 Å². The summed E-state index contributed by atoms with van der Waals surface area (Å²) in [4.78, 5) is 26.8. The summed E-state index contributed by atoms with van der Waals surface area (Å²) in [5.74, 6) is -0.335. The molecule has 2 amide bonds. The average molecular weight is 458 g/mol. The van der Waals surface area contributed by atoms with Crippen molar-refractivity contribution in [1.82, 2.24) is 5.32 Å². The first kappa shape index (κ1) is 23.0. The number of hydrogen-bond donors (Lipinski definition) is 4. The van der Waals surface area contributed by atoms with E-state index in [0.29, 0.717) is 16.8 Å². The number of nitrogens with one attached hydrogen (secondary N) is 2. The second kappa shape index (κ2) is 10.2. The molecule has 0 saturated carbocycles. The molecular formula is C27H29N4O3+. The summed E-state index contributed by atoms with van der Waals surface area (Å²) < 4.78 is 0. The van der Waals surface area contributed by atoms with Crippen molar-refractivity contribution in [2.45, 2.75) is 26.2 Å². The fourth-order valence-electron chi connectivity index (χ4n) is 4.34. The number of rotatable bonds is 5. The van der Waals surface area contributed by atoms with Crippen molar-refractivity contribution in [2.75, 3.05) is 23.3 Å². The quantitative estimate of drug-likeness (QED) is 0.346. The molecule has 0 atom stereocenters. The van der Waals surface area contributed by atoms with Crippen LogP contribution in [-0.4, -0.2) is 36.0 Å². The topological polar surface area (TPSA) is 107 Å². The van der Waals surface area contributed by atoms with E-state index in [9.17, 15) is 9.59 Å². The summed E-state index contributed by atoms with van der Waals surface area (Å²) in [6, 6.07) is 21.0. The molecule has 1 aliphatic heterocycles. The van der Waals surface area contributed by atoms with Gasteiger partial charge in [0.05, 0.1) is 11.3 Å². The van der Waals surface area contributed by atoms with Crippen LogP contribution in [0.25, 0.3) is 11.1 Å².